The average molecular weight is 506 g/mol. The lowest BCUT2D eigenvalue weighted by Crippen LogP contribution is -2.49. The number of carbonyl (C=O) groups is 2. The van der Waals surface area contributed by atoms with E-state index in [1.807, 2.05) is 53.4 Å². The molecular weight excluding hydrogens is 474 g/mol. The molecule has 2 amide bonds. The summed E-state index contributed by atoms with van der Waals surface area (Å²) in [7, 11) is 1.68. The standard InChI is InChI=1S/C27H31N5O3S/c1-18(2)16-21-26(34)32-25(28-21)19-8-4-5-9-20(19)29-27(32)36-17-24(33)31-14-12-30(13-15-31)22-10-6-7-11-23(22)35-3/h4-11,18,21H,12-17H2,1-3H3/t21-/m1/s1. The second-order valence-electron chi connectivity index (χ2n) is 9.51. The Morgan fingerprint density at radius 3 is 2.56 bits per heavy atom. The highest BCUT2D eigenvalue weighted by atomic mass is 32.2. The van der Waals surface area contributed by atoms with Gasteiger partial charge in [0.1, 0.15) is 17.6 Å². The molecule has 1 atom stereocenters. The summed E-state index contributed by atoms with van der Waals surface area (Å²) in [4.78, 5) is 41.7. The van der Waals surface area contributed by atoms with Crippen molar-refractivity contribution >= 4 is 46.0 Å². The Morgan fingerprint density at radius 2 is 1.81 bits per heavy atom. The molecule has 3 aliphatic heterocycles. The maximum Gasteiger partial charge on any atom is 0.259 e. The molecule has 5 rings (SSSR count). The van der Waals surface area contributed by atoms with E-state index in [4.69, 9.17) is 14.7 Å². The van der Waals surface area contributed by atoms with Crippen molar-refractivity contribution in [3.63, 3.8) is 0 Å². The number of hydrogen-bond donors (Lipinski definition) is 0. The van der Waals surface area contributed by atoms with Crippen molar-refractivity contribution in [2.75, 3.05) is 43.9 Å². The topological polar surface area (TPSA) is 77.8 Å². The Morgan fingerprint density at radius 1 is 1.08 bits per heavy atom. The lowest BCUT2D eigenvalue weighted by Gasteiger charge is -2.36. The lowest BCUT2D eigenvalue weighted by molar-refractivity contribution is -0.128. The molecule has 0 aliphatic carbocycles. The summed E-state index contributed by atoms with van der Waals surface area (Å²) in [5.74, 6) is 2.05. The highest BCUT2D eigenvalue weighted by molar-refractivity contribution is 8.14. The quantitative estimate of drug-likeness (QED) is 0.597. The number of thioether (sulfide) groups is 1. The molecular formula is C27H31N5O3S. The molecule has 1 saturated heterocycles. The third-order valence-electron chi connectivity index (χ3n) is 6.63. The van der Waals surface area contributed by atoms with Gasteiger partial charge in [-0.05, 0) is 36.6 Å². The molecule has 1 fully saturated rings. The van der Waals surface area contributed by atoms with Crippen molar-refractivity contribution in [1.82, 2.24) is 9.80 Å². The molecule has 0 spiro atoms. The fourth-order valence-electron chi connectivity index (χ4n) is 4.80. The Bertz CT molecular complexity index is 1220. The minimum Gasteiger partial charge on any atom is -0.495 e. The van der Waals surface area contributed by atoms with E-state index in [0.29, 0.717) is 36.4 Å². The summed E-state index contributed by atoms with van der Waals surface area (Å²) in [6, 6.07) is 15.3. The summed E-state index contributed by atoms with van der Waals surface area (Å²) >= 11 is 1.32. The third-order valence-corrected chi connectivity index (χ3v) is 7.55. The molecule has 36 heavy (non-hydrogen) atoms. The molecule has 0 saturated carbocycles. The molecule has 0 radical (unpaired) electrons. The van der Waals surface area contributed by atoms with Crippen LogP contribution in [0, 0.1) is 5.92 Å². The molecule has 0 aromatic heterocycles. The molecule has 0 unspecified atom stereocenters. The van der Waals surface area contributed by atoms with Crippen LogP contribution in [0.5, 0.6) is 5.75 Å². The second-order valence-corrected chi connectivity index (χ2v) is 10.5. The fraction of sp³-hybridized carbons (Fsp3) is 0.407. The van der Waals surface area contributed by atoms with Gasteiger partial charge in [0.25, 0.3) is 5.91 Å². The first kappa shape index (κ1) is 24.4. The van der Waals surface area contributed by atoms with Gasteiger partial charge in [-0.25, -0.2) is 9.89 Å². The van der Waals surface area contributed by atoms with Crippen LogP contribution < -0.4 is 9.64 Å². The maximum absolute atomic E-state index is 13.3. The third kappa shape index (κ3) is 4.72. The van der Waals surface area contributed by atoms with Gasteiger partial charge in [0.2, 0.25) is 5.91 Å². The lowest BCUT2D eigenvalue weighted by atomic mass is 10.0. The molecule has 0 bridgehead atoms. The van der Waals surface area contributed by atoms with Crippen molar-refractivity contribution in [3.05, 3.63) is 54.1 Å². The fourth-order valence-corrected chi connectivity index (χ4v) is 5.71. The van der Waals surface area contributed by atoms with Gasteiger partial charge in [0, 0.05) is 31.7 Å². The van der Waals surface area contributed by atoms with Gasteiger partial charge in [-0.15, -0.1) is 0 Å². The number of nitrogens with zero attached hydrogens (tertiary/aromatic N) is 5. The number of anilines is 1. The Balaban J connectivity index is 1.25. The predicted molar refractivity (Wildman–Crippen MR) is 144 cm³/mol. The van der Waals surface area contributed by atoms with E-state index in [1.54, 1.807) is 12.0 Å². The second kappa shape index (κ2) is 10.3. The van der Waals surface area contributed by atoms with Crippen molar-refractivity contribution < 1.29 is 14.3 Å². The number of aliphatic imine (C=N–C) groups is 2. The van der Waals surface area contributed by atoms with Gasteiger partial charge in [0.05, 0.1) is 24.2 Å². The first-order valence-electron chi connectivity index (χ1n) is 12.3. The van der Waals surface area contributed by atoms with Gasteiger partial charge < -0.3 is 14.5 Å². The number of amides is 2. The van der Waals surface area contributed by atoms with Crippen LogP contribution >= 0.6 is 11.8 Å². The van der Waals surface area contributed by atoms with Crippen molar-refractivity contribution in [1.29, 1.82) is 0 Å². The molecule has 188 valence electrons. The van der Waals surface area contributed by atoms with Crippen LogP contribution in [-0.2, 0) is 9.59 Å². The zero-order chi connectivity index (χ0) is 25.2. The van der Waals surface area contributed by atoms with Crippen LogP contribution in [0.2, 0.25) is 0 Å². The number of rotatable bonds is 6. The number of hydrogen-bond acceptors (Lipinski definition) is 7. The highest BCUT2D eigenvalue weighted by Crippen LogP contribution is 2.35. The molecule has 9 heteroatoms. The number of fused-ring (bicyclic) bond motifs is 3. The SMILES string of the molecule is COc1ccccc1N1CCN(C(=O)CSC2=Nc3ccccc3C3=N[C@H](CC(C)C)C(=O)N23)CC1. The monoisotopic (exact) mass is 505 g/mol. The van der Waals surface area contributed by atoms with Gasteiger partial charge in [-0.3, -0.25) is 14.6 Å². The van der Waals surface area contributed by atoms with Crippen LogP contribution in [0.1, 0.15) is 25.8 Å². The Labute approximate surface area is 216 Å². The predicted octanol–water partition coefficient (Wildman–Crippen LogP) is 3.78. The first-order chi connectivity index (χ1) is 17.5. The molecule has 2 aromatic carbocycles. The number of para-hydroxylation sites is 3. The zero-order valence-corrected chi connectivity index (χ0v) is 21.7. The zero-order valence-electron chi connectivity index (χ0n) is 20.9. The van der Waals surface area contributed by atoms with E-state index >= 15 is 0 Å². The first-order valence-corrected chi connectivity index (χ1v) is 13.3. The Kier molecular flexibility index (Phi) is 7.00. The normalized spacial score (nSPS) is 19.2. The van der Waals surface area contributed by atoms with Gasteiger partial charge >= 0.3 is 0 Å². The van der Waals surface area contributed by atoms with Gasteiger partial charge in [-0.1, -0.05) is 49.9 Å². The number of benzene rings is 2. The van der Waals surface area contributed by atoms with Crippen LogP contribution in [0.4, 0.5) is 11.4 Å². The van der Waals surface area contributed by atoms with Crippen LogP contribution in [0.3, 0.4) is 0 Å². The summed E-state index contributed by atoms with van der Waals surface area (Å²) in [6.45, 7) is 6.94. The van der Waals surface area contributed by atoms with Crippen molar-refractivity contribution in [3.8, 4) is 5.75 Å². The highest BCUT2D eigenvalue weighted by Gasteiger charge is 2.41. The van der Waals surface area contributed by atoms with E-state index in [9.17, 15) is 9.59 Å². The summed E-state index contributed by atoms with van der Waals surface area (Å²) in [5.41, 5.74) is 2.69. The van der Waals surface area contributed by atoms with Crippen molar-refractivity contribution in [2.45, 2.75) is 26.3 Å². The number of amidine groups is 2. The molecule has 2 aromatic rings. The summed E-state index contributed by atoms with van der Waals surface area (Å²) in [6.07, 6.45) is 0.689. The van der Waals surface area contributed by atoms with Crippen LogP contribution in [0.25, 0.3) is 0 Å². The molecule has 8 nitrogen and oxygen atoms in total. The number of carbonyl (C=O) groups excluding carboxylic acids is 2. The maximum atomic E-state index is 13.3. The van der Waals surface area contributed by atoms with E-state index in [-0.39, 0.29) is 17.6 Å². The van der Waals surface area contributed by atoms with Gasteiger partial charge in [0.15, 0.2) is 5.17 Å². The minimum atomic E-state index is -0.407. The van der Waals surface area contributed by atoms with E-state index in [0.717, 1.165) is 35.8 Å². The number of methoxy groups -OCH3 is 1. The van der Waals surface area contributed by atoms with Crippen LogP contribution in [-0.4, -0.2) is 77.7 Å². The van der Waals surface area contributed by atoms with Gasteiger partial charge in [-0.2, -0.15) is 0 Å². The molecule has 3 aliphatic rings. The minimum absolute atomic E-state index is 0.0464. The average Bonchev–Trinajstić information content (AvgIpc) is 3.22. The summed E-state index contributed by atoms with van der Waals surface area (Å²) in [5, 5.41) is 0.532. The molecule has 0 N–H and O–H groups in total. The van der Waals surface area contributed by atoms with E-state index < -0.39 is 6.04 Å². The summed E-state index contributed by atoms with van der Waals surface area (Å²) < 4.78 is 5.49. The number of ether oxygens (including phenoxy) is 1. The number of piperazine rings is 1. The molecule has 3 heterocycles. The van der Waals surface area contributed by atoms with E-state index in [2.05, 4.69) is 18.7 Å². The van der Waals surface area contributed by atoms with E-state index in [1.165, 1.54) is 11.8 Å². The van der Waals surface area contributed by atoms with Crippen LogP contribution in [0.15, 0.2) is 58.5 Å². The van der Waals surface area contributed by atoms with Crippen molar-refractivity contribution in [2.24, 2.45) is 15.9 Å². The largest absolute Gasteiger partial charge is 0.495 e. The smallest absolute Gasteiger partial charge is 0.259 e. The Hall–Kier alpha value is -3.33.